The van der Waals surface area contributed by atoms with Gasteiger partial charge in [0.25, 0.3) is 0 Å². The van der Waals surface area contributed by atoms with Crippen molar-refractivity contribution in [3.63, 3.8) is 0 Å². The lowest BCUT2D eigenvalue weighted by Crippen LogP contribution is -2.28. The number of aliphatic hydroxyl groups excluding tert-OH is 1. The summed E-state index contributed by atoms with van der Waals surface area (Å²) in [6.07, 6.45) is 0.401. The van der Waals surface area contributed by atoms with Crippen LogP contribution in [0, 0.1) is 11.8 Å². The highest BCUT2D eigenvalue weighted by atomic mass is 32.1. The maximum Gasteiger partial charge on any atom is 0.224 e. The number of hydrogen-bond donors (Lipinski definition) is 2. The molecule has 0 aliphatic heterocycles. The highest BCUT2D eigenvalue weighted by molar-refractivity contribution is 7.07. The molecule has 0 radical (unpaired) electrons. The van der Waals surface area contributed by atoms with E-state index in [1.807, 2.05) is 48.0 Å². The fraction of sp³-hybridized carbons (Fsp3) is 0.235. The minimum Gasteiger partial charge on any atom is -0.384 e. The zero-order valence-electron chi connectivity index (χ0n) is 11.8. The molecular weight excluding hydrogens is 282 g/mol. The Hall–Kier alpha value is -2.09. The normalized spacial score (nSPS) is 11.3. The summed E-state index contributed by atoms with van der Waals surface area (Å²) in [5, 5.41) is 15.7. The molecular formula is C17H17NO2S. The van der Waals surface area contributed by atoms with Crippen LogP contribution in [0.5, 0.6) is 0 Å². The van der Waals surface area contributed by atoms with Gasteiger partial charge in [0.15, 0.2) is 0 Å². The lowest BCUT2D eigenvalue weighted by Gasteiger charge is -2.14. The van der Waals surface area contributed by atoms with E-state index in [1.54, 1.807) is 11.3 Å². The number of benzene rings is 1. The van der Waals surface area contributed by atoms with E-state index in [9.17, 15) is 4.79 Å². The highest BCUT2D eigenvalue weighted by Crippen LogP contribution is 2.14. The van der Waals surface area contributed by atoms with Crippen LogP contribution in [-0.2, 0) is 11.2 Å². The van der Waals surface area contributed by atoms with Gasteiger partial charge in [-0.15, -0.1) is 0 Å². The molecule has 0 saturated carbocycles. The predicted octanol–water partition coefficient (Wildman–Crippen LogP) is 2.51. The molecule has 0 spiro atoms. The fourth-order valence-corrected chi connectivity index (χ4v) is 2.65. The van der Waals surface area contributed by atoms with Gasteiger partial charge < -0.3 is 10.4 Å². The van der Waals surface area contributed by atoms with Crippen LogP contribution in [0.2, 0.25) is 0 Å². The van der Waals surface area contributed by atoms with Gasteiger partial charge >= 0.3 is 0 Å². The monoisotopic (exact) mass is 299 g/mol. The van der Waals surface area contributed by atoms with Gasteiger partial charge in [-0.05, 0) is 47.0 Å². The Morgan fingerprint density at radius 1 is 1.43 bits per heavy atom. The minimum atomic E-state index is -0.156. The Bertz CT molecular complexity index is 653. The van der Waals surface area contributed by atoms with Crippen molar-refractivity contribution in [1.29, 1.82) is 0 Å². The summed E-state index contributed by atoms with van der Waals surface area (Å²) in [6, 6.07) is 9.55. The summed E-state index contributed by atoms with van der Waals surface area (Å²) in [5.41, 5.74) is 2.87. The number of nitrogens with one attached hydrogen (secondary N) is 1. The third-order valence-electron chi connectivity index (χ3n) is 3.02. The van der Waals surface area contributed by atoms with Gasteiger partial charge in [-0.2, -0.15) is 11.3 Å². The lowest BCUT2D eigenvalue weighted by atomic mass is 10.0. The standard InChI is InChI=1S/C17H17NO2S/c1-13(18-17(20)11-15-7-9-21-12-15)16-6-2-4-14(10-16)5-3-8-19/h2,4,6-7,9-10,12-13,19H,8,11H2,1H3,(H,18,20). The molecule has 2 aromatic rings. The van der Waals surface area contributed by atoms with Crippen molar-refractivity contribution in [3.05, 3.63) is 57.8 Å². The van der Waals surface area contributed by atoms with Crippen molar-refractivity contribution >= 4 is 17.2 Å². The molecule has 2 N–H and O–H groups in total. The van der Waals surface area contributed by atoms with Gasteiger partial charge in [0.2, 0.25) is 5.91 Å². The molecule has 0 aliphatic carbocycles. The van der Waals surface area contributed by atoms with Crippen LogP contribution in [-0.4, -0.2) is 17.6 Å². The fourth-order valence-electron chi connectivity index (χ4n) is 1.98. The Labute approximate surface area is 128 Å². The Kier molecular flexibility index (Phi) is 5.56. The van der Waals surface area contributed by atoms with Crippen molar-refractivity contribution in [2.45, 2.75) is 19.4 Å². The van der Waals surface area contributed by atoms with Crippen LogP contribution >= 0.6 is 11.3 Å². The summed E-state index contributed by atoms with van der Waals surface area (Å²) in [6.45, 7) is 1.79. The number of hydrogen-bond acceptors (Lipinski definition) is 3. The first-order valence-corrected chi connectivity index (χ1v) is 7.63. The number of carbonyl (C=O) groups is 1. The molecule has 0 bridgehead atoms. The van der Waals surface area contributed by atoms with Crippen molar-refractivity contribution < 1.29 is 9.90 Å². The quantitative estimate of drug-likeness (QED) is 0.852. The number of carbonyl (C=O) groups excluding carboxylic acids is 1. The van der Waals surface area contributed by atoms with E-state index in [0.29, 0.717) is 6.42 Å². The minimum absolute atomic E-state index is 0.00717. The first-order chi connectivity index (χ1) is 10.2. The van der Waals surface area contributed by atoms with Gasteiger partial charge in [-0.1, -0.05) is 24.0 Å². The van der Waals surface area contributed by atoms with Gasteiger partial charge in [0, 0.05) is 5.56 Å². The zero-order valence-corrected chi connectivity index (χ0v) is 12.6. The van der Waals surface area contributed by atoms with E-state index >= 15 is 0 Å². The third-order valence-corrected chi connectivity index (χ3v) is 3.75. The van der Waals surface area contributed by atoms with Crippen molar-refractivity contribution in [3.8, 4) is 11.8 Å². The Morgan fingerprint density at radius 2 is 2.29 bits per heavy atom. The number of rotatable bonds is 4. The average molecular weight is 299 g/mol. The molecule has 1 unspecified atom stereocenters. The summed E-state index contributed by atoms with van der Waals surface area (Å²) in [4.78, 5) is 12.0. The first-order valence-electron chi connectivity index (χ1n) is 6.69. The van der Waals surface area contributed by atoms with Crippen molar-refractivity contribution in [1.82, 2.24) is 5.32 Å². The lowest BCUT2D eigenvalue weighted by molar-refractivity contribution is -0.121. The van der Waals surface area contributed by atoms with Gasteiger partial charge in [-0.3, -0.25) is 4.79 Å². The largest absolute Gasteiger partial charge is 0.384 e. The van der Waals surface area contributed by atoms with Gasteiger partial charge in [0.1, 0.15) is 6.61 Å². The van der Waals surface area contributed by atoms with Crippen LogP contribution in [0.3, 0.4) is 0 Å². The summed E-state index contributed by atoms with van der Waals surface area (Å²) in [5.74, 6) is 5.50. The highest BCUT2D eigenvalue weighted by Gasteiger charge is 2.10. The molecule has 0 saturated heterocycles. The molecule has 2 rings (SSSR count). The van der Waals surface area contributed by atoms with E-state index in [2.05, 4.69) is 17.2 Å². The number of amides is 1. The second-order valence-electron chi connectivity index (χ2n) is 4.68. The molecule has 108 valence electrons. The second kappa shape index (κ2) is 7.63. The van der Waals surface area contributed by atoms with E-state index in [1.165, 1.54) is 0 Å². The molecule has 1 heterocycles. The maximum atomic E-state index is 12.0. The molecule has 1 aromatic heterocycles. The van der Waals surface area contributed by atoms with Gasteiger partial charge in [0.05, 0.1) is 12.5 Å². The molecule has 0 fully saturated rings. The maximum absolute atomic E-state index is 12.0. The molecule has 4 heteroatoms. The molecule has 21 heavy (non-hydrogen) atoms. The Balaban J connectivity index is 1.99. The van der Waals surface area contributed by atoms with Crippen LogP contribution in [0.25, 0.3) is 0 Å². The summed E-state index contributed by atoms with van der Waals surface area (Å²) in [7, 11) is 0. The third kappa shape index (κ3) is 4.75. The first kappa shape index (κ1) is 15.3. The van der Waals surface area contributed by atoms with Crippen LogP contribution in [0.15, 0.2) is 41.1 Å². The van der Waals surface area contributed by atoms with E-state index in [4.69, 9.17) is 5.11 Å². The van der Waals surface area contributed by atoms with Crippen molar-refractivity contribution in [2.75, 3.05) is 6.61 Å². The summed E-state index contributed by atoms with van der Waals surface area (Å²) >= 11 is 1.59. The Morgan fingerprint density at radius 3 is 3.00 bits per heavy atom. The van der Waals surface area contributed by atoms with Gasteiger partial charge in [-0.25, -0.2) is 0 Å². The van der Waals surface area contributed by atoms with E-state index in [-0.39, 0.29) is 18.6 Å². The van der Waals surface area contributed by atoms with E-state index < -0.39 is 0 Å². The zero-order chi connectivity index (χ0) is 15.1. The topological polar surface area (TPSA) is 49.3 Å². The molecule has 0 aliphatic rings. The smallest absolute Gasteiger partial charge is 0.224 e. The average Bonchev–Trinajstić information content (AvgIpc) is 2.98. The summed E-state index contributed by atoms with van der Waals surface area (Å²) < 4.78 is 0. The van der Waals surface area contributed by atoms with Crippen LogP contribution in [0.4, 0.5) is 0 Å². The molecule has 1 atom stereocenters. The second-order valence-corrected chi connectivity index (χ2v) is 5.46. The van der Waals surface area contributed by atoms with E-state index in [0.717, 1.165) is 16.7 Å². The SMILES string of the molecule is CC(NC(=O)Cc1ccsc1)c1cccc(C#CCO)c1. The molecule has 1 aromatic carbocycles. The van der Waals surface area contributed by atoms with Crippen LogP contribution < -0.4 is 5.32 Å². The molecule has 1 amide bonds. The van der Waals surface area contributed by atoms with Crippen LogP contribution in [0.1, 0.15) is 29.7 Å². The number of aliphatic hydroxyl groups is 1. The number of thiophene rings is 1. The van der Waals surface area contributed by atoms with Crippen molar-refractivity contribution in [2.24, 2.45) is 0 Å². The molecule has 3 nitrogen and oxygen atoms in total. The predicted molar refractivity (Wildman–Crippen MR) is 85.0 cm³/mol.